The van der Waals surface area contributed by atoms with Gasteiger partial charge in [-0.05, 0) is 12.1 Å². The maximum Gasteiger partial charge on any atom is 0.325 e. The first kappa shape index (κ1) is 15.6. The van der Waals surface area contributed by atoms with Gasteiger partial charge in [0.1, 0.15) is 5.69 Å². The summed E-state index contributed by atoms with van der Waals surface area (Å²) in [6.07, 6.45) is 0. The van der Waals surface area contributed by atoms with Crippen LogP contribution in [0.3, 0.4) is 0 Å². The number of nitrogens with zero attached hydrogens (tertiary/aromatic N) is 1. The molecule has 1 heterocycles. The molecule has 2 aromatic carbocycles. The van der Waals surface area contributed by atoms with E-state index in [2.05, 4.69) is 17.6 Å². The highest BCUT2D eigenvalue weighted by atomic mass is 35.5. The summed E-state index contributed by atoms with van der Waals surface area (Å²) in [4.78, 5) is 15.5. The molecule has 1 N–H and O–H groups in total. The molecule has 0 aliphatic heterocycles. The monoisotopic (exact) mass is 345 g/mol. The van der Waals surface area contributed by atoms with Gasteiger partial charge in [-0.2, -0.15) is 12.6 Å². The Morgan fingerprint density at radius 2 is 1.74 bits per heavy atom. The van der Waals surface area contributed by atoms with E-state index in [0.29, 0.717) is 16.5 Å². The Hall–Kier alpha value is -2.24. The van der Waals surface area contributed by atoms with Crippen molar-refractivity contribution in [3.63, 3.8) is 0 Å². The van der Waals surface area contributed by atoms with Gasteiger partial charge in [0.15, 0.2) is 11.0 Å². The minimum atomic E-state index is -1.13. The molecule has 3 aromatic rings. The van der Waals surface area contributed by atoms with E-state index >= 15 is 0 Å². The highest BCUT2D eigenvalue weighted by Gasteiger charge is 2.25. The zero-order valence-electron chi connectivity index (χ0n) is 11.8. The van der Waals surface area contributed by atoms with E-state index in [1.807, 2.05) is 42.5 Å². The van der Waals surface area contributed by atoms with E-state index in [0.717, 1.165) is 11.1 Å². The van der Waals surface area contributed by atoms with Gasteiger partial charge in [0, 0.05) is 16.1 Å². The third-order valence-electron chi connectivity index (χ3n) is 3.27. The average Bonchev–Trinajstić information content (AvgIpc) is 3.00. The summed E-state index contributed by atoms with van der Waals surface area (Å²) in [6.45, 7) is 0. The van der Waals surface area contributed by atoms with Gasteiger partial charge in [0.25, 0.3) is 0 Å². The molecule has 0 saturated carbocycles. The average molecular weight is 346 g/mol. The van der Waals surface area contributed by atoms with Crippen LogP contribution in [-0.4, -0.2) is 16.1 Å². The highest BCUT2D eigenvalue weighted by molar-refractivity contribution is 7.81. The van der Waals surface area contributed by atoms with E-state index in [1.165, 1.54) is 0 Å². The van der Waals surface area contributed by atoms with Crippen LogP contribution in [0.25, 0.3) is 22.6 Å². The lowest BCUT2D eigenvalue weighted by molar-refractivity contribution is -0.136. The van der Waals surface area contributed by atoms with Crippen LogP contribution in [0.2, 0.25) is 5.02 Å². The zero-order valence-corrected chi connectivity index (χ0v) is 13.5. The summed E-state index contributed by atoms with van der Waals surface area (Å²) in [5.41, 5.74) is 2.15. The predicted octanol–water partition coefficient (Wildman–Crippen LogP) is 4.72. The van der Waals surface area contributed by atoms with E-state index in [-0.39, 0.29) is 5.89 Å². The summed E-state index contributed by atoms with van der Waals surface area (Å²) in [5, 5.41) is 8.60. The molecule has 4 nitrogen and oxygen atoms in total. The number of rotatable bonds is 4. The first-order chi connectivity index (χ1) is 11.1. The molecule has 0 bridgehead atoms. The number of aliphatic carboxylic acids is 1. The van der Waals surface area contributed by atoms with Crippen molar-refractivity contribution in [1.82, 2.24) is 4.98 Å². The second-order valence-electron chi connectivity index (χ2n) is 4.84. The molecule has 1 unspecified atom stereocenters. The van der Waals surface area contributed by atoms with Crippen LogP contribution in [0.5, 0.6) is 0 Å². The Bertz CT molecular complexity index is 831. The van der Waals surface area contributed by atoms with Crippen molar-refractivity contribution in [2.75, 3.05) is 0 Å². The maximum atomic E-state index is 11.1. The van der Waals surface area contributed by atoms with Gasteiger partial charge in [-0.3, -0.25) is 4.79 Å². The second kappa shape index (κ2) is 6.48. The molecule has 116 valence electrons. The Kier molecular flexibility index (Phi) is 4.41. The van der Waals surface area contributed by atoms with Crippen LogP contribution in [0.4, 0.5) is 0 Å². The Balaban J connectivity index is 2.16. The van der Waals surface area contributed by atoms with Gasteiger partial charge >= 0.3 is 5.97 Å². The lowest BCUT2D eigenvalue weighted by Gasteiger charge is -2.01. The van der Waals surface area contributed by atoms with Crippen LogP contribution in [0, 0.1) is 0 Å². The fourth-order valence-electron chi connectivity index (χ4n) is 2.15. The van der Waals surface area contributed by atoms with Crippen molar-refractivity contribution in [3.05, 3.63) is 65.5 Å². The number of hydrogen-bond donors (Lipinski definition) is 2. The normalized spacial score (nSPS) is 12.1. The third-order valence-corrected chi connectivity index (χ3v) is 3.96. The number of halogens is 1. The number of oxazole rings is 1. The van der Waals surface area contributed by atoms with Gasteiger partial charge in [-0.15, -0.1) is 0 Å². The van der Waals surface area contributed by atoms with Crippen LogP contribution in [0.1, 0.15) is 11.1 Å². The molecule has 1 aromatic heterocycles. The highest BCUT2D eigenvalue weighted by Crippen LogP contribution is 2.35. The van der Waals surface area contributed by atoms with E-state index < -0.39 is 11.2 Å². The first-order valence-corrected chi connectivity index (χ1v) is 7.68. The standard InChI is InChI=1S/C17H12ClNO3S/c18-12-8-6-10(7-9-12)13-14(11-4-2-1-3-5-11)22-16(19-13)15(23)17(20)21/h1-9,15,23H,(H,20,21). The van der Waals surface area contributed by atoms with Crippen molar-refractivity contribution >= 4 is 30.2 Å². The van der Waals surface area contributed by atoms with Crippen molar-refractivity contribution in [3.8, 4) is 22.6 Å². The minimum absolute atomic E-state index is 0.0460. The van der Waals surface area contributed by atoms with Gasteiger partial charge in [-0.25, -0.2) is 4.98 Å². The van der Waals surface area contributed by atoms with Crippen molar-refractivity contribution in [2.45, 2.75) is 5.25 Å². The second-order valence-corrected chi connectivity index (χ2v) is 5.80. The quantitative estimate of drug-likeness (QED) is 0.672. The summed E-state index contributed by atoms with van der Waals surface area (Å²) < 4.78 is 5.71. The van der Waals surface area contributed by atoms with Crippen LogP contribution in [-0.2, 0) is 4.79 Å². The van der Waals surface area contributed by atoms with Crippen molar-refractivity contribution in [2.24, 2.45) is 0 Å². The number of aromatic nitrogens is 1. The molecule has 0 saturated heterocycles. The van der Waals surface area contributed by atoms with Crippen LogP contribution < -0.4 is 0 Å². The summed E-state index contributed by atoms with van der Waals surface area (Å²) >= 11 is 9.96. The lowest BCUT2D eigenvalue weighted by atomic mass is 10.1. The molecular formula is C17H12ClNO3S. The molecule has 0 aliphatic carbocycles. The van der Waals surface area contributed by atoms with E-state index in [4.69, 9.17) is 21.1 Å². The Morgan fingerprint density at radius 1 is 1.09 bits per heavy atom. The summed E-state index contributed by atoms with van der Waals surface area (Å²) in [6, 6.07) is 16.5. The smallest absolute Gasteiger partial charge is 0.325 e. The third kappa shape index (κ3) is 3.25. The molecule has 23 heavy (non-hydrogen) atoms. The molecule has 3 rings (SSSR count). The molecule has 6 heteroatoms. The summed E-state index contributed by atoms with van der Waals surface area (Å²) in [5.74, 6) is -0.565. The van der Waals surface area contributed by atoms with E-state index in [1.54, 1.807) is 12.1 Å². The predicted molar refractivity (Wildman–Crippen MR) is 91.7 cm³/mol. The largest absolute Gasteiger partial charge is 0.480 e. The molecule has 0 radical (unpaired) electrons. The van der Waals surface area contributed by atoms with Gasteiger partial charge in [-0.1, -0.05) is 54.1 Å². The molecule has 0 aliphatic rings. The molecule has 1 atom stereocenters. The number of carboxylic acid groups (broad SMARTS) is 1. The fraction of sp³-hybridized carbons (Fsp3) is 0.0588. The SMILES string of the molecule is O=C(O)C(S)c1nc(-c2ccc(Cl)cc2)c(-c2ccccc2)o1. The molecular weight excluding hydrogens is 334 g/mol. The van der Waals surface area contributed by atoms with E-state index in [9.17, 15) is 4.79 Å². The van der Waals surface area contributed by atoms with Crippen molar-refractivity contribution in [1.29, 1.82) is 0 Å². The zero-order chi connectivity index (χ0) is 16.4. The van der Waals surface area contributed by atoms with Crippen molar-refractivity contribution < 1.29 is 14.3 Å². The number of hydrogen-bond acceptors (Lipinski definition) is 4. The van der Waals surface area contributed by atoms with Gasteiger partial charge in [0.05, 0.1) is 0 Å². The van der Waals surface area contributed by atoms with Gasteiger partial charge in [0.2, 0.25) is 5.89 Å². The van der Waals surface area contributed by atoms with Crippen LogP contribution >= 0.6 is 24.2 Å². The number of carbonyl (C=O) groups is 1. The molecule has 0 amide bonds. The fourth-order valence-corrected chi connectivity index (χ4v) is 2.38. The maximum absolute atomic E-state index is 11.1. The lowest BCUT2D eigenvalue weighted by Crippen LogP contribution is -2.05. The molecule has 0 fully saturated rings. The number of benzene rings is 2. The topological polar surface area (TPSA) is 63.3 Å². The Labute approximate surface area is 143 Å². The van der Waals surface area contributed by atoms with Crippen LogP contribution in [0.15, 0.2) is 59.0 Å². The minimum Gasteiger partial charge on any atom is -0.480 e. The first-order valence-electron chi connectivity index (χ1n) is 6.79. The molecule has 0 spiro atoms. The Morgan fingerprint density at radius 3 is 2.35 bits per heavy atom. The van der Waals surface area contributed by atoms with Gasteiger partial charge < -0.3 is 9.52 Å². The number of thiol groups is 1. The number of carboxylic acids is 1. The summed E-state index contributed by atoms with van der Waals surface area (Å²) in [7, 11) is 0.